The number of carbonyl (C=O) groups is 1. The smallest absolute Gasteiger partial charge is 0.273 e. The Hall–Kier alpha value is -3.06. The van der Waals surface area contributed by atoms with Crippen molar-refractivity contribution in [3.8, 4) is 5.69 Å². The molecule has 3 aromatic rings. The van der Waals surface area contributed by atoms with Gasteiger partial charge in [0, 0.05) is 18.9 Å². The summed E-state index contributed by atoms with van der Waals surface area (Å²) in [6.45, 7) is 0.102. The summed E-state index contributed by atoms with van der Waals surface area (Å²) in [7, 11) is 0. The summed E-state index contributed by atoms with van der Waals surface area (Å²) in [4.78, 5) is 16.0. The van der Waals surface area contributed by atoms with Crippen molar-refractivity contribution in [2.45, 2.75) is 6.10 Å². The topological polar surface area (TPSA) is 92.9 Å². The van der Waals surface area contributed by atoms with Gasteiger partial charge in [0.1, 0.15) is 0 Å². The maximum Gasteiger partial charge on any atom is 0.273 e. The number of pyridine rings is 1. The molecule has 0 fully saturated rings. The summed E-state index contributed by atoms with van der Waals surface area (Å²) in [6.07, 6.45) is 4.02. The number of amides is 1. The molecule has 0 radical (unpaired) electrons. The minimum Gasteiger partial charge on any atom is -0.387 e. The monoisotopic (exact) mass is 309 g/mol. The van der Waals surface area contributed by atoms with Crippen LogP contribution in [-0.2, 0) is 0 Å². The van der Waals surface area contributed by atoms with Gasteiger partial charge in [-0.15, -0.1) is 5.10 Å². The predicted octanol–water partition coefficient (Wildman–Crippen LogP) is 1.13. The van der Waals surface area contributed by atoms with Crippen LogP contribution in [0.25, 0.3) is 5.69 Å². The van der Waals surface area contributed by atoms with E-state index in [1.54, 1.807) is 36.7 Å². The lowest BCUT2D eigenvalue weighted by Crippen LogP contribution is -2.28. The minimum absolute atomic E-state index is 0.102. The lowest BCUT2D eigenvalue weighted by molar-refractivity contribution is 0.0911. The molecule has 0 aliphatic heterocycles. The van der Waals surface area contributed by atoms with Crippen molar-refractivity contribution >= 4 is 5.91 Å². The fourth-order valence-corrected chi connectivity index (χ4v) is 2.06. The maximum absolute atomic E-state index is 12.1. The quantitative estimate of drug-likeness (QED) is 0.737. The Labute approximate surface area is 132 Å². The van der Waals surface area contributed by atoms with Crippen LogP contribution in [0.15, 0.2) is 61.1 Å². The molecule has 0 bridgehead atoms. The number of aliphatic hydroxyl groups excluding tert-OH is 1. The molecular formula is C16H15N5O2. The van der Waals surface area contributed by atoms with Crippen molar-refractivity contribution in [1.82, 2.24) is 25.3 Å². The molecule has 23 heavy (non-hydrogen) atoms. The van der Waals surface area contributed by atoms with Gasteiger partial charge < -0.3 is 10.4 Å². The summed E-state index contributed by atoms with van der Waals surface area (Å²) >= 11 is 0. The second-order valence-electron chi connectivity index (χ2n) is 4.89. The van der Waals surface area contributed by atoms with Crippen molar-refractivity contribution in [1.29, 1.82) is 0 Å². The first-order chi connectivity index (χ1) is 11.2. The zero-order valence-corrected chi connectivity index (χ0v) is 12.2. The third-order valence-electron chi connectivity index (χ3n) is 3.29. The van der Waals surface area contributed by atoms with Gasteiger partial charge in [-0.05, 0) is 17.7 Å². The van der Waals surface area contributed by atoms with Crippen LogP contribution in [0.2, 0.25) is 0 Å². The SMILES string of the molecule is O=C(NC[C@H](O)c1ccccc1)c1cn(-c2ccncc2)nn1. The molecule has 1 atom stereocenters. The number of carbonyl (C=O) groups excluding carboxylic acids is 1. The first-order valence-corrected chi connectivity index (χ1v) is 7.08. The summed E-state index contributed by atoms with van der Waals surface area (Å²) in [6, 6.07) is 12.7. The Morgan fingerprint density at radius 3 is 2.65 bits per heavy atom. The molecule has 3 rings (SSSR count). The fraction of sp³-hybridized carbons (Fsp3) is 0.125. The van der Waals surface area contributed by atoms with E-state index in [0.717, 1.165) is 11.3 Å². The van der Waals surface area contributed by atoms with E-state index in [4.69, 9.17) is 0 Å². The summed E-state index contributed by atoms with van der Waals surface area (Å²) in [5, 5.41) is 20.4. The number of nitrogens with zero attached hydrogens (tertiary/aromatic N) is 4. The highest BCUT2D eigenvalue weighted by atomic mass is 16.3. The highest BCUT2D eigenvalue weighted by Gasteiger charge is 2.14. The molecule has 0 spiro atoms. The third kappa shape index (κ3) is 3.58. The number of benzene rings is 1. The van der Waals surface area contributed by atoms with Gasteiger partial charge in [0.05, 0.1) is 18.0 Å². The molecule has 7 nitrogen and oxygen atoms in total. The molecule has 0 unspecified atom stereocenters. The molecule has 2 aromatic heterocycles. The molecule has 0 aliphatic rings. The zero-order valence-electron chi connectivity index (χ0n) is 12.2. The van der Waals surface area contributed by atoms with Crippen LogP contribution in [-0.4, -0.2) is 37.5 Å². The molecule has 2 N–H and O–H groups in total. The standard InChI is InChI=1S/C16H15N5O2/c22-15(12-4-2-1-3-5-12)10-18-16(23)14-11-21(20-19-14)13-6-8-17-9-7-13/h1-9,11,15,22H,10H2,(H,18,23)/t15-/m0/s1. The van der Waals surface area contributed by atoms with Gasteiger partial charge in [0.2, 0.25) is 0 Å². The molecule has 116 valence electrons. The van der Waals surface area contributed by atoms with Crippen LogP contribution in [0.4, 0.5) is 0 Å². The molecule has 7 heteroatoms. The van der Waals surface area contributed by atoms with E-state index >= 15 is 0 Å². The number of rotatable bonds is 5. The van der Waals surface area contributed by atoms with Gasteiger partial charge in [-0.2, -0.15) is 0 Å². The number of nitrogens with one attached hydrogen (secondary N) is 1. The third-order valence-corrected chi connectivity index (χ3v) is 3.29. The van der Waals surface area contributed by atoms with Gasteiger partial charge in [0.15, 0.2) is 5.69 Å². The van der Waals surface area contributed by atoms with Crippen molar-refractivity contribution in [3.05, 3.63) is 72.3 Å². The van der Waals surface area contributed by atoms with Crippen LogP contribution in [0.1, 0.15) is 22.2 Å². The Kier molecular flexibility index (Phi) is 4.39. The van der Waals surface area contributed by atoms with Crippen LogP contribution in [0.5, 0.6) is 0 Å². The molecule has 1 amide bonds. The molecular weight excluding hydrogens is 294 g/mol. The van der Waals surface area contributed by atoms with E-state index in [1.807, 2.05) is 18.2 Å². The predicted molar refractivity (Wildman–Crippen MR) is 82.9 cm³/mol. The van der Waals surface area contributed by atoms with Crippen molar-refractivity contribution in [2.24, 2.45) is 0 Å². The first-order valence-electron chi connectivity index (χ1n) is 7.08. The van der Waals surface area contributed by atoms with Crippen molar-refractivity contribution in [3.63, 3.8) is 0 Å². The molecule has 1 aromatic carbocycles. The molecule has 0 saturated carbocycles. The second kappa shape index (κ2) is 6.80. The highest BCUT2D eigenvalue weighted by Crippen LogP contribution is 2.11. The van der Waals surface area contributed by atoms with Crippen LogP contribution in [0.3, 0.4) is 0 Å². The average molecular weight is 309 g/mol. The van der Waals surface area contributed by atoms with Gasteiger partial charge in [0.25, 0.3) is 5.91 Å². The highest BCUT2D eigenvalue weighted by molar-refractivity contribution is 5.91. The zero-order chi connectivity index (χ0) is 16.1. The number of aliphatic hydroxyl groups is 1. The Balaban J connectivity index is 1.62. The largest absolute Gasteiger partial charge is 0.387 e. The van der Waals surface area contributed by atoms with E-state index in [1.165, 1.54) is 10.9 Å². The first kappa shape index (κ1) is 14.9. The average Bonchev–Trinajstić information content (AvgIpc) is 3.11. The Morgan fingerprint density at radius 1 is 1.17 bits per heavy atom. The molecule has 2 heterocycles. The number of hydrogen-bond donors (Lipinski definition) is 2. The summed E-state index contributed by atoms with van der Waals surface area (Å²) in [5.74, 6) is -0.389. The van der Waals surface area contributed by atoms with E-state index in [-0.39, 0.29) is 18.1 Å². The molecule has 0 saturated heterocycles. The van der Waals surface area contributed by atoms with E-state index in [9.17, 15) is 9.90 Å². The van der Waals surface area contributed by atoms with Crippen molar-refractivity contribution < 1.29 is 9.90 Å². The normalized spacial score (nSPS) is 11.9. The van der Waals surface area contributed by atoms with Crippen LogP contribution < -0.4 is 5.32 Å². The Bertz CT molecular complexity index is 773. The maximum atomic E-state index is 12.1. The lowest BCUT2D eigenvalue weighted by Gasteiger charge is -2.11. The summed E-state index contributed by atoms with van der Waals surface area (Å²) < 4.78 is 1.49. The lowest BCUT2D eigenvalue weighted by atomic mass is 10.1. The van der Waals surface area contributed by atoms with Gasteiger partial charge in [-0.25, -0.2) is 4.68 Å². The van der Waals surface area contributed by atoms with E-state index in [2.05, 4.69) is 20.6 Å². The molecule has 0 aliphatic carbocycles. The van der Waals surface area contributed by atoms with Gasteiger partial charge in [-0.1, -0.05) is 35.5 Å². The van der Waals surface area contributed by atoms with E-state index < -0.39 is 6.10 Å². The van der Waals surface area contributed by atoms with Crippen molar-refractivity contribution in [2.75, 3.05) is 6.54 Å². The number of hydrogen-bond acceptors (Lipinski definition) is 5. The number of aromatic nitrogens is 4. The Morgan fingerprint density at radius 2 is 1.91 bits per heavy atom. The van der Waals surface area contributed by atoms with E-state index in [0.29, 0.717) is 0 Å². The summed E-state index contributed by atoms with van der Waals surface area (Å²) in [5.41, 5.74) is 1.69. The minimum atomic E-state index is -0.768. The van der Waals surface area contributed by atoms with Crippen LogP contribution >= 0.6 is 0 Å². The van der Waals surface area contributed by atoms with Gasteiger partial charge >= 0.3 is 0 Å². The second-order valence-corrected chi connectivity index (χ2v) is 4.89. The van der Waals surface area contributed by atoms with Gasteiger partial charge in [-0.3, -0.25) is 9.78 Å². The fourth-order valence-electron chi connectivity index (χ4n) is 2.06. The van der Waals surface area contributed by atoms with Crippen LogP contribution in [0, 0.1) is 0 Å².